The quantitative estimate of drug-likeness (QED) is 0.808. The summed E-state index contributed by atoms with van der Waals surface area (Å²) in [5.41, 5.74) is -0.355. The first-order valence-corrected chi connectivity index (χ1v) is 9.75. The number of ether oxygens (including phenoxy) is 1. The van der Waals surface area contributed by atoms with Crippen molar-refractivity contribution in [1.29, 1.82) is 0 Å². The average Bonchev–Trinajstić information content (AvgIpc) is 2.50. The molecule has 1 heterocycles. The number of nitrogens with one attached hydrogen (secondary N) is 1. The molecule has 1 aromatic carbocycles. The van der Waals surface area contributed by atoms with Gasteiger partial charge in [0.25, 0.3) is 5.91 Å². The van der Waals surface area contributed by atoms with Crippen LogP contribution >= 0.6 is 11.6 Å². The van der Waals surface area contributed by atoms with Crippen molar-refractivity contribution in [2.24, 2.45) is 0 Å². The van der Waals surface area contributed by atoms with Crippen molar-refractivity contribution in [3.63, 3.8) is 0 Å². The molecular weight excluding hydrogens is 393 g/mol. The molecule has 1 atom stereocenters. The van der Waals surface area contributed by atoms with E-state index in [1.165, 1.54) is 4.31 Å². The molecule has 26 heavy (non-hydrogen) atoms. The zero-order chi connectivity index (χ0) is 18.9. The average molecular weight is 411 g/mol. The molecule has 0 bridgehead atoms. The minimum absolute atomic E-state index is 0.000187. The van der Waals surface area contributed by atoms with Gasteiger partial charge in [0.15, 0.2) is 11.2 Å². The van der Waals surface area contributed by atoms with E-state index in [0.29, 0.717) is 13.1 Å². The normalized spacial score (nSPS) is 21.7. The summed E-state index contributed by atoms with van der Waals surface area (Å²) in [6.45, 7) is 1.20. The Morgan fingerprint density at radius 2 is 1.96 bits per heavy atom. The van der Waals surface area contributed by atoms with Gasteiger partial charge in [-0.3, -0.25) is 9.52 Å². The first-order valence-electron chi connectivity index (χ1n) is 8.26. The van der Waals surface area contributed by atoms with E-state index in [1.54, 1.807) is 0 Å². The smallest absolute Gasteiger partial charge is 0.266 e. The minimum Gasteiger partial charge on any atom is -0.489 e. The molecule has 1 unspecified atom stereocenters. The number of hydrogen-bond donors (Lipinski definition) is 1. The molecule has 3 rings (SSSR count). The fourth-order valence-electron chi connectivity index (χ4n) is 2.76. The topological polar surface area (TPSA) is 58.6 Å². The lowest BCUT2D eigenvalue weighted by Crippen LogP contribution is -2.45. The molecule has 144 valence electrons. The fourth-order valence-corrected chi connectivity index (χ4v) is 3.95. The number of benzene rings is 1. The molecule has 1 amide bonds. The minimum atomic E-state index is -2.69. The molecule has 0 spiro atoms. The third kappa shape index (κ3) is 4.50. The Kier molecular flexibility index (Phi) is 5.78. The van der Waals surface area contributed by atoms with Gasteiger partial charge in [0.05, 0.1) is 16.7 Å². The number of halogens is 4. The van der Waals surface area contributed by atoms with Gasteiger partial charge in [0.2, 0.25) is 5.92 Å². The standard InChI is InChI=1S/C16H18ClF3N2O3S/c17-12-8-11(15(23)21-26(24)22-6-1-7-22)13(18)9-14(12)25-10-2-4-16(19,20)5-3-10/h8-10H,1-7H2,(H,21,23). The third-order valence-corrected chi connectivity index (χ3v) is 5.94. The fraction of sp³-hybridized carbons (Fsp3) is 0.562. The van der Waals surface area contributed by atoms with Crippen molar-refractivity contribution >= 4 is 28.7 Å². The maximum Gasteiger partial charge on any atom is 0.266 e. The molecule has 0 radical (unpaired) electrons. The van der Waals surface area contributed by atoms with Crippen LogP contribution in [0.3, 0.4) is 0 Å². The second kappa shape index (κ2) is 7.74. The van der Waals surface area contributed by atoms with Gasteiger partial charge < -0.3 is 4.74 Å². The van der Waals surface area contributed by atoms with Crippen LogP contribution in [0.1, 0.15) is 42.5 Å². The van der Waals surface area contributed by atoms with E-state index in [-0.39, 0.29) is 42.0 Å². The molecule has 10 heteroatoms. The Hall–Kier alpha value is -1.32. The zero-order valence-electron chi connectivity index (χ0n) is 13.8. The van der Waals surface area contributed by atoms with Crippen LogP contribution in [0.5, 0.6) is 5.75 Å². The predicted molar refractivity (Wildman–Crippen MR) is 91.0 cm³/mol. The SMILES string of the molecule is O=C(NS(=O)N1CCC1)c1cc(Cl)c(OC2CCC(F)(F)CC2)cc1F. The summed E-state index contributed by atoms with van der Waals surface area (Å²) in [6, 6.07) is 2.04. The van der Waals surface area contributed by atoms with Crippen LogP contribution in [-0.2, 0) is 11.2 Å². The van der Waals surface area contributed by atoms with Gasteiger partial charge in [-0.1, -0.05) is 11.6 Å². The van der Waals surface area contributed by atoms with Gasteiger partial charge in [0.1, 0.15) is 11.6 Å². The Bertz CT molecular complexity index is 721. The van der Waals surface area contributed by atoms with E-state index in [2.05, 4.69) is 4.72 Å². The number of amides is 1. The summed E-state index contributed by atoms with van der Waals surface area (Å²) in [4.78, 5) is 12.1. The molecule has 2 fully saturated rings. The largest absolute Gasteiger partial charge is 0.489 e. The zero-order valence-corrected chi connectivity index (χ0v) is 15.3. The highest BCUT2D eigenvalue weighted by atomic mass is 35.5. The maximum atomic E-state index is 14.3. The molecule has 1 saturated heterocycles. The summed E-state index contributed by atoms with van der Waals surface area (Å²) in [7, 11) is 0. The summed E-state index contributed by atoms with van der Waals surface area (Å²) < 4.78 is 61.8. The van der Waals surface area contributed by atoms with Crippen molar-refractivity contribution in [3.8, 4) is 5.75 Å². The molecule has 1 aliphatic carbocycles. The highest BCUT2D eigenvalue weighted by molar-refractivity contribution is 7.81. The van der Waals surface area contributed by atoms with Crippen LogP contribution in [0.25, 0.3) is 0 Å². The van der Waals surface area contributed by atoms with E-state index in [1.807, 2.05) is 0 Å². The maximum absolute atomic E-state index is 14.3. The Morgan fingerprint density at radius 1 is 1.31 bits per heavy atom. The van der Waals surface area contributed by atoms with E-state index >= 15 is 0 Å². The summed E-state index contributed by atoms with van der Waals surface area (Å²) in [5.74, 6) is -4.43. The number of hydrogen-bond acceptors (Lipinski definition) is 3. The van der Waals surface area contributed by atoms with Crippen molar-refractivity contribution in [2.75, 3.05) is 13.1 Å². The first kappa shape index (κ1) is 19.4. The van der Waals surface area contributed by atoms with Gasteiger partial charge in [-0.2, -0.15) is 0 Å². The molecule has 1 N–H and O–H groups in total. The van der Waals surface area contributed by atoms with Gasteiger partial charge in [-0.15, -0.1) is 0 Å². The van der Waals surface area contributed by atoms with Crippen molar-refractivity contribution in [2.45, 2.75) is 44.1 Å². The van der Waals surface area contributed by atoms with E-state index < -0.39 is 34.9 Å². The number of alkyl halides is 2. The van der Waals surface area contributed by atoms with Crippen LogP contribution in [0.2, 0.25) is 5.02 Å². The molecule has 1 saturated carbocycles. The second-order valence-corrected chi connectivity index (χ2v) is 8.02. The lowest BCUT2D eigenvalue weighted by molar-refractivity contribution is -0.0582. The van der Waals surface area contributed by atoms with Crippen LogP contribution < -0.4 is 9.46 Å². The molecule has 2 aliphatic rings. The first-order chi connectivity index (χ1) is 12.2. The number of carbonyl (C=O) groups excluding carboxylic acids is 1. The van der Waals surface area contributed by atoms with Gasteiger partial charge in [0, 0.05) is 32.0 Å². The Morgan fingerprint density at radius 3 is 2.54 bits per heavy atom. The van der Waals surface area contributed by atoms with Crippen LogP contribution in [0.4, 0.5) is 13.2 Å². The number of rotatable bonds is 5. The number of carbonyl (C=O) groups is 1. The van der Waals surface area contributed by atoms with Crippen LogP contribution in [0.15, 0.2) is 12.1 Å². The molecule has 1 aromatic rings. The van der Waals surface area contributed by atoms with Crippen LogP contribution in [0, 0.1) is 5.82 Å². The van der Waals surface area contributed by atoms with Crippen molar-refractivity contribution in [1.82, 2.24) is 9.03 Å². The van der Waals surface area contributed by atoms with Gasteiger partial charge in [-0.25, -0.2) is 21.7 Å². The molecule has 0 aromatic heterocycles. The summed E-state index contributed by atoms with van der Waals surface area (Å²) in [6.07, 6.45) is 0.108. The van der Waals surface area contributed by atoms with Crippen molar-refractivity contribution in [3.05, 3.63) is 28.5 Å². The van der Waals surface area contributed by atoms with Gasteiger partial charge in [-0.05, 0) is 25.3 Å². The lowest BCUT2D eigenvalue weighted by atomic mass is 9.94. The third-order valence-electron chi connectivity index (χ3n) is 4.45. The van der Waals surface area contributed by atoms with Crippen LogP contribution in [-0.4, -0.2) is 39.5 Å². The van der Waals surface area contributed by atoms with E-state index in [4.69, 9.17) is 16.3 Å². The van der Waals surface area contributed by atoms with E-state index in [0.717, 1.165) is 18.6 Å². The summed E-state index contributed by atoms with van der Waals surface area (Å²) in [5, 5.41) is -0.0105. The van der Waals surface area contributed by atoms with E-state index in [9.17, 15) is 22.2 Å². The Labute approximate surface area is 156 Å². The predicted octanol–water partition coefficient (Wildman–Crippen LogP) is 3.45. The molecular formula is C16H18ClF3N2O3S. The highest BCUT2D eigenvalue weighted by Crippen LogP contribution is 2.36. The Balaban J connectivity index is 1.66. The second-order valence-electron chi connectivity index (χ2n) is 6.40. The van der Waals surface area contributed by atoms with Crippen molar-refractivity contribution < 1.29 is 26.9 Å². The highest BCUT2D eigenvalue weighted by Gasteiger charge is 2.36. The molecule has 5 nitrogen and oxygen atoms in total. The van der Waals surface area contributed by atoms with Gasteiger partial charge >= 0.3 is 0 Å². The number of nitrogens with zero attached hydrogens (tertiary/aromatic N) is 1. The lowest BCUT2D eigenvalue weighted by Gasteiger charge is -2.29. The summed E-state index contributed by atoms with van der Waals surface area (Å²) >= 11 is 4.33. The monoisotopic (exact) mass is 410 g/mol. The molecule has 1 aliphatic heterocycles.